The third-order valence-corrected chi connectivity index (χ3v) is 5.30. The van der Waals surface area contributed by atoms with E-state index in [0.29, 0.717) is 0 Å². The Morgan fingerprint density at radius 1 is 1.39 bits per heavy atom. The van der Waals surface area contributed by atoms with Gasteiger partial charge in [-0.1, -0.05) is 28.1 Å². The summed E-state index contributed by atoms with van der Waals surface area (Å²) in [4.78, 5) is 4.74. The first-order valence-corrected chi connectivity index (χ1v) is 8.32. The van der Waals surface area contributed by atoms with Gasteiger partial charge in [-0.3, -0.25) is 0 Å². The predicted molar refractivity (Wildman–Crippen MR) is 86.4 cm³/mol. The fourth-order valence-corrected chi connectivity index (χ4v) is 3.91. The molecule has 0 amide bonds. The standard InChI is InChI=1S/C13H9BrINOS/c14-9(8-5-12(15)18-7-8)6-13-16-10-3-1-2-4-11(10)17-13/h1-5,7,9H,6H2. The number of hydrogen-bond acceptors (Lipinski definition) is 3. The summed E-state index contributed by atoms with van der Waals surface area (Å²) in [6, 6.07) is 10.0. The third-order valence-electron chi connectivity index (χ3n) is 2.64. The van der Waals surface area contributed by atoms with Gasteiger partial charge in [0.05, 0.1) is 2.88 Å². The fourth-order valence-electron chi connectivity index (χ4n) is 1.77. The van der Waals surface area contributed by atoms with Crippen LogP contribution in [0.15, 0.2) is 40.1 Å². The van der Waals surface area contributed by atoms with Crippen LogP contribution in [0.1, 0.15) is 16.3 Å². The second-order valence-corrected chi connectivity index (χ2v) is 7.84. The van der Waals surface area contributed by atoms with Gasteiger partial charge < -0.3 is 4.42 Å². The van der Waals surface area contributed by atoms with E-state index in [1.54, 1.807) is 11.3 Å². The number of halogens is 2. The molecule has 0 saturated heterocycles. The first-order valence-electron chi connectivity index (χ1n) is 5.45. The van der Waals surface area contributed by atoms with E-state index < -0.39 is 0 Å². The third kappa shape index (κ3) is 2.62. The van der Waals surface area contributed by atoms with E-state index in [0.717, 1.165) is 23.4 Å². The zero-order valence-electron chi connectivity index (χ0n) is 9.27. The Kier molecular flexibility index (Phi) is 3.72. The molecule has 0 aliphatic heterocycles. The molecular formula is C13H9BrINOS. The van der Waals surface area contributed by atoms with Gasteiger partial charge >= 0.3 is 0 Å². The van der Waals surface area contributed by atoms with E-state index in [4.69, 9.17) is 4.42 Å². The van der Waals surface area contributed by atoms with Gasteiger partial charge in [-0.05, 0) is 51.7 Å². The molecule has 0 radical (unpaired) electrons. The molecule has 1 aromatic carbocycles. The molecule has 0 saturated carbocycles. The molecule has 1 atom stereocenters. The summed E-state index contributed by atoms with van der Waals surface area (Å²) in [7, 11) is 0. The van der Waals surface area contributed by atoms with Gasteiger partial charge in [-0.15, -0.1) is 11.3 Å². The Hall–Kier alpha value is -0.400. The van der Waals surface area contributed by atoms with Gasteiger partial charge in [0.15, 0.2) is 11.5 Å². The second-order valence-electron chi connectivity index (χ2n) is 3.93. The van der Waals surface area contributed by atoms with Crippen molar-refractivity contribution in [1.82, 2.24) is 4.98 Å². The van der Waals surface area contributed by atoms with Crippen molar-refractivity contribution in [3.8, 4) is 0 Å². The van der Waals surface area contributed by atoms with Crippen molar-refractivity contribution in [3.63, 3.8) is 0 Å². The van der Waals surface area contributed by atoms with Crippen molar-refractivity contribution in [3.05, 3.63) is 50.0 Å². The highest BCUT2D eigenvalue weighted by atomic mass is 127. The monoisotopic (exact) mass is 433 g/mol. The summed E-state index contributed by atoms with van der Waals surface area (Å²) >= 11 is 7.79. The summed E-state index contributed by atoms with van der Waals surface area (Å²) in [5.74, 6) is 0.777. The van der Waals surface area contributed by atoms with E-state index in [-0.39, 0.29) is 4.83 Å². The van der Waals surface area contributed by atoms with Gasteiger partial charge in [-0.25, -0.2) is 4.98 Å². The van der Waals surface area contributed by atoms with Crippen molar-refractivity contribution in [2.45, 2.75) is 11.2 Å². The number of hydrogen-bond donors (Lipinski definition) is 0. The maximum atomic E-state index is 5.73. The molecule has 3 aromatic rings. The van der Waals surface area contributed by atoms with Crippen molar-refractivity contribution >= 4 is 61.0 Å². The number of benzene rings is 1. The fraction of sp³-hybridized carbons (Fsp3) is 0.154. The highest BCUT2D eigenvalue weighted by molar-refractivity contribution is 14.1. The number of oxazole rings is 1. The molecule has 0 aliphatic rings. The molecule has 0 N–H and O–H groups in total. The van der Waals surface area contributed by atoms with Crippen LogP contribution < -0.4 is 0 Å². The van der Waals surface area contributed by atoms with E-state index in [1.165, 1.54) is 8.45 Å². The molecule has 2 nitrogen and oxygen atoms in total. The lowest BCUT2D eigenvalue weighted by Crippen LogP contribution is -1.93. The van der Waals surface area contributed by atoms with E-state index in [1.807, 2.05) is 24.3 Å². The number of para-hydroxylation sites is 2. The number of rotatable bonds is 3. The Morgan fingerprint density at radius 2 is 2.22 bits per heavy atom. The minimum absolute atomic E-state index is 0.255. The van der Waals surface area contributed by atoms with Crippen LogP contribution in [0.25, 0.3) is 11.1 Å². The van der Waals surface area contributed by atoms with Crippen molar-refractivity contribution in [1.29, 1.82) is 0 Å². The number of fused-ring (bicyclic) bond motifs is 1. The van der Waals surface area contributed by atoms with Crippen LogP contribution in [0.5, 0.6) is 0 Å². The number of aromatic nitrogens is 1. The lowest BCUT2D eigenvalue weighted by molar-refractivity contribution is 0.527. The lowest BCUT2D eigenvalue weighted by Gasteiger charge is -2.03. The molecular weight excluding hydrogens is 425 g/mol. The van der Waals surface area contributed by atoms with Crippen LogP contribution in [0, 0.1) is 2.88 Å². The molecule has 2 aromatic heterocycles. The molecule has 0 fully saturated rings. The molecule has 0 spiro atoms. The Labute approximate surface area is 131 Å². The van der Waals surface area contributed by atoms with Crippen LogP contribution in [0.4, 0.5) is 0 Å². The minimum atomic E-state index is 0.255. The van der Waals surface area contributed by atoms with Gasteiger partial charge in [0.2, 0.25) is 0 Å². The van der Waals surface area contributed by atoms with E-state index in [2.05, 4.69) is 55.0 Å². The zero-order valence-corrected chi connectivity index (χ0v) is 13.8. The summed E-state index contributed by atoms with van der Waals surface area (Å²) in [6.07, 6.45) is 0.765. The first kappa shape index (κ1) is 12.6. The summed E-state index contributed by atoms with van der Waals surface area (Å²) in [6.45, 7) is 0. The Morgan fingerprint density at radius 3 is 2.94 bits per heavy atom. The Bertz CT molecular complexity index is 645. The molecule has 92 valence electrons. The van der Waals surface area contributed by atoms with E-state index >= 15 is 0 Å². The van der Waals surface area contributed by atoms with Gasteiger partial charge in [0, 0.05) is 11.2 Å². The van der Waals surface area contributed by atoms with Crippen LogP contribution in [-0.4, -0.2) is 4.98 Å². The molecule has 2 heterocycles. The Balaban J connectivity index is 1.83. The maximum Gasteiger partial charge on any atom is 0.196 e. The summed E-state index contributed by atoms with van der Waals surface area (Å²) in [5, 5.41) is 2.17. The van der Waals surface area contributed by atoms with Crippen molar-refractivity contribution < 1.29 is 4.42 Å². The van der Waals surface area contributed by atoms with Crippen molar-refractivity contribution in [2.24, 2.45) is 0 Å². The number of thiophene rings is 1. The normalized spacial score (nSPS) is 13.0. The molecule has 0 bridgehead atoms. The average Bonchev–Trinajstić information content (AvgIpc) is 2.94. The maximum absolute atomic E-state index is 5.73. The molecule has 5 heteroatoms. The molecule has 18 heavy (non-hydrogen) atoms. The summed E-state index contributed by atoms with van der Waals surface area (Å²) < 4.78 is 7.02. The predicted octanol–water partition coefficient (Wildman–Crippen LogP) is 5.17. The zero-order chi connectivity index (χ0) is 12.5. The first-order chi connectivity index (χ1) is 8.72. The van der Waals surface area contributed by atoms with Crippen molar-refractivity contribution in [2.75, 3.05) is 0 Å². The minimum Gasteiger partial charge on any atom is -0.441 e. The quantitative estimate of drug-likeness (QED) is 0.420. The average molecular weight is 434 g/mol. The highest BCUT2D eigenvalue weighted by Gasteiger charge is 2.14. The topological polar surface area (TPSA) is 26.0 Å². The van der Waals surface area contributed by atoms with Crippen LogP contribution in [0.2, 0.25) is 0 Å². The summed E-state index contributed by atoms with van der Waals surface area (Å²) in [5.41, 5.74) is 3.06. The number of alkyl halides is 1. The highest BCUT2D eigenvalue weighted by Crippen LogP contribution is 2.31. The van der Waals surface area contributed by atoms with Crippen LogP contribution in [-0.2, 0) is 6.42 Å². The molecule has 3 rings (SSSR count). The number of nitrogens with zero attached hydrogens (tertiary/aromatic N) is 1. The second kappa shape index (κ2) is 5.30. The van der Waals surface area contributed by atoms with E-state index in [9.17, 15) is 0 Å². The SMILES string of the molecule is BrC(Cc1nc2ccccc2o1)c1csc(I)c1. The van der Waals surface area contributed by atoms with Crippen LogP contribution >= 0.6 is 49.9 Å². The molecule has 1 unspecified atom stereocenters. The lowest BCUT2D eigenvalue weighted by atomic mass is 10.2. The molecule has 0 aliphatic carbocycles. The van der Waals surface area contributed by atoms with Gasteiger partial charge in [0.25, 0.3) is 0 Å². The van der Waals surface area contributed by atoms with Gasteiger partial charge in [-0.2, -0.15) is 0 Å². The van der Waals surface area contributed by atoms with Crippen LogP contribution in [0.3, 0.4) is 0 Å². The largest absolute Gasteiger partial charge is 0.441 e. The van der Waals surface area contributed by atoms with Gasteiger partial charge in [0.1, 0.15) is 5.52 Å². The smallest absolute Gasteiger partial charge is 0.196 e.